The standard InChI is InChI=1S/C15H26IN3S/c1-6-7-17-15-13(16)14(11(4)5)18-12(19-15)9-20-8-10(2)3/h10-11H,6-9H2,1-5H3,(H,17,18,19). The summed E-state index contributed by atoms with van der Waals surface area (Å²) in [7, 11) is 0. The van der Waals surface area contributed by atoms with Gasteiger partial charge in [0.1, 0.15) is 11.6 Å². The fourth-order valence-corrected chi connectivity index (χ4v) is 3.66. The number of anilines is 1. The average molecular weight is 407 g/mol. The molecule has 1 rings (SSSR count). The third kappa shape index (κ3) is 5.76. The Labute approximate surface area is 141 Å². The minimum atomic E-state index is 0.431. The monoisotopic (exact) mass is 407 g/mol. The average Bonchev–Trinajstić information content (AvgIpc) is 2.38. The highest BCUT2D eigenvalue weighted by Crippen LogP contribution is 2.26. The van der Waals surface area contributed by atoms with Crippen LogP contribution in [0.4, 0.5) is 5.82 Å². The van der Waals surface area contributed by atoms with E-state index in [9.17, 15) is 0 Å². The van der Waals surface area contributed by atoms with Crippen molar-refractivity contribution in [2.45, 2.75) is 52.7 Å². The van der Waals surface area contributed by atoms with E-state index >= 15 is 0 Å². The zero-order valence-corrected chi connectivity index (χ0v) is 16.1. The first-order valence-corrected chi connectivity index (χ1v) is 9.56. The molecule has 0 bridgehead atoms. The minimum Gasteiger partial charge on any atom is -0.369 e. The minimum absolute atomic E-state index is 0.431. The fraction of sp³-hybridized carbons (Fsp3) is 0.733. The van der Waals surface area contributed by atoms with Crippen LogP contribution in [0.5, 0.6) is 0 Å². The van der Waals surface area contributed by atoms with Gasteiger partial charge in [-0.1, -0.05) is 34.6 Å². The van der Waals surface area contributed by atoms with Gasteiger partial charge in [-0.25, -0.2) is 9.97 Å². The topological polar surface area (TPSA) is 37.8 Å². The summed E-state index contributed by atoms with van der Waals surface area (Å²) in [5.41, 5.74) is 1.17. The summed E-state index contributed by atoms with van der Waals surface area (Å²) in [6.07, 6.45) is 1.11. The van der Waals surface area contributed by atoms with Crippen LogP contribution in [0.1, 0.15) is 58.5 Å². The Hall–Kier alpha value is -0.0400. The maximum atomic E-state index is 4.76. The van der Waals surface area contributed by atoms with Crippen LogP contribution >= 0.6 is 34.4 Å². The van der Waals surface area contributed by atoms with E-state index in [0.29, 0.717) is 11.8 Å². The number of halogens is 1. The number of hydrogen-bond acceptors (Lipinski definition) is 4. The van der Waals surface area contributed by atoms with Crippen molar-refractivity contribution >= 4 is 40.2 Å². The Morgan fingerprint density at radius 2 is 1.90 bits per heavy atom. The summed E-state index contributed by atoms with van der Waals surface area (Å²) in [4.78, 5) is 9.46. The Kier molecular flexibility index (Phi) is 8.17. The Morgan fingerprint density at radius 1 is 1.20 bits per heavy atom. The zero-order chi connectivity index (χ0) is 15.1. The second-order valence-corrected chi connectivity index (χ2v) is 7.79. The summed E-state index contributed by atoms with van der Waals surface area (Å²) >= 11 is 4.28. The highest BCUT2D eigenvalue weighted by atomic mass is 127. The van der Waals surface area contributed by atoms with Crippen LogP contribution in [0.25, 0.3) is 0 Å². The third-order valence-corrected chi connectivity index (χ3v) is 5.12. The lowest BCUT2D eigenvalue weighted by molar-refractivity contribution is 0.749. The molecule has 0 saturated carbocycles. The van der Waals surface area contributed by atoms with Crippen LogP contribution in [-0.2, 0) is 5.75 Å². The molecule has 1 heterocycles. The first-order valence-electron chi connectivity index (χ1n) is 7.33. The molecule has 1 aromatic heterocycles. The molecule has 0 fully saturated rings. The van der Waals surface area contributed by atoms with Gasteiger partial charge in [0, 0.05) is 6.54 Å². The lowest BCUT2D eigenvalue weighted by atomic mass is 10.1. The normalized spacial score (nSPS) is 11.4. The van der Waals surface area contributed by atoms with Crippen LogP contribution in [0, 0.1) is 9.49 Å². The maximum Gasteiger partial charge on any atom is 0.143 e. The van der Waals surface area contributed by atoms with Gasteiger partial charge in [-0.2, -0.15) is 11.8 Å². The maximum absolute atomic E-state index is 4.76. The SMILES string of the molecule is CCCNc1nc(CSCC(C)C)nc(C(C)C)c1I. The van der Waals surface area contributed by atoms with Gasteiger partial charge in [0.05, 0.1) is 15.0 Å². The summed E-state index contributed by atoms with van der Waals surface area (Å²) in [6, 6.07) is 0. The number of nitrogens with zero attached hydrogens (tertiary/aromatic N) is 2. The molecule has 1 aromatic rings. The van der Waals surface area contributed by atoms with E-state index in [1.165, 1.54) is 9.26 Å². The molecule has 0 aromatic carbocycles. The van der Waals surface area contributed by atoms with Gasteiger partial charge >= 0.3 is 0 Å². The van der Waals surface area contributed by atoms with Gasteiger partial charge in [-0.15, -0.1) is 0 Å². The van der Waals surface area contributed by atoms with Crippen molar-refractivity contribution in [2.24, 2.45) is 5.92 Å². The number of nitrogens with one attached hydrogen (secondary N) is 1. The Balaban J connectivity index is 2.90. The number of hydrogen-bond donors (Lipinski definition) is 1. The second kappa shape index (κ2) is 9.07. The van der Waals surface area contributed by atoms with Crippen LogP contribution < -0.4 is 5.32 Å². The van der Waals surface area contributed by atoms with Crippen molar-refractivity contribution < 1.29 is 0 Å². The van der Waals surface area contributed by atoms with E-state index in [0.717, 1.165) is 36.1 Å². The van der Waals surface area contributed by atoms with Crippen molar-refractivity contribution in [3.8, 4) is 0 Å². The Morgan fingerprint density at radius 3 is 2.45 bits per heavy atom. The first kappa shape index (κ1) is 18.0. The van der Waals surface area contributed by atoms with Crippen molar-refractivity contribution in [3.63, 3.8) is 0 Å². The molecule has 0 aliphatic heterocycles. The van der Waals surface area contributed by atoms with Gasteiger partial charge in [0.2, 0.25) is 0 Å². The van der Waals surface area contributed by atoms with Crippen molar-refractivity contribution in [3.05, 3.63) is 15.1 Å². The van der Waals surface area contributed by atoms with Crippen LogP contribution in [-0.4, -0.2) is 22.3 Å². The smallest absolute Gasteiger partial charge is 0.143 e. The quantitative estimate of drug-likeness (QED) is 0.621. The van der Waals surface area contributed by atoms with Gasteiger partial charge in [0.25, 0.3) is 0 Å². The van der Waals surface area contributed by atoms with Gasteiger partial charge in [0.15, 0.2) is 0 Å². The molecule has 0 amide bonds. The second-order valence-electron chi connectivity index (χ2n) is 5.68. The summed E-state index contributed by atoms with van der Waals surface area (Å²) in [5, 5.41) is 3.43. The molecule has 0 atom stereocenters. The molecule has 0 aliphatic rings. The van der Waals surface area contributed by atoms with Gasteiger partial charge < -0.3 is 5.32 Å². The number of thioether (sulfide) groups is 1. The number of rotatable bonds is 8. The molecule has 0 saturated heterocycles. The highest BCUT2D eigenvalue weighted by Gasteiger charge is 2.14. The number of aromatic nitrogens is 2. The van der Waals surface area contributed by atoms with E-state index in [1.54, 1.807) is 0 Å². The largest absolute Gasteiger partial charge is 0.369 e. The van der Waals surface area contributed by atoms with Crippen molar-refractivity contribution in [2.75, 3.05) is 17.6 Å². The van der Waals surface area contributed by atoms with Crippen LogP contribution in [0.15, 0.2) is 0 Å². The Bertz CT molecular complexity index is 422. The lowest BCUT2D eigenvalue weighted by Gasteiger charge is -2.15. The third-order valence-electron chi connectivity index (χ3n) is 2.69. The lowest BCUT2D eigenvalue weighted by Crippen LogP contribution is -2.11. The molecular weight excluding hydrogens is 381 g/mol. The molecule has 114 valence electrons. The zero-order valence-electron chi connectivity index (χ0n) is 13.2. The van der Waals surface area contributed by atoms with Crippen molar-refractivity contribution in [1.82, 2.24) is 9.97 Å². The predicted octanol–water partition coefficient (Wildman–Crippen LogP) is 4.92. The van der Waals surface area contributed by atoms with Crippen LogP contribution in [0.3, 0.4) is 0 Å². The molecule has 1 N–H and O–H groups in total. The van der Waals surface area contributed by atoms with Gasteiger partial charge in [-0.3, -0.25) is 0 Å². The molecule has 5 heteroatoms. The molecule has 0 unspecified atom stereocenters. The van der Waals surface area contributed by atoms with E-state index in [4.69, 9.17) is 9.97 Å². The fourth-order valence-electron chi connectivity index (χ4n) is 1.71. The first-order chi connectivity index (χ1) is 9.45. The van der Waals surface area contributed by atoms with E-state index in [2.05, 4.69) is 62.5 Å². The van der Waals surface area contributed by atoms with Crippen LogP contribution in [0.2, 0.25) is 0 Å². The molecule has 20 heavy (non-hydrogen) atoms. The molecule has 3 nitrogen and oxygen atoms in total. The summed E-state index contributed by atoms with van der Waals surface area (Å²) in [5.74, 6) is 5.16. The molecule has 0 spiro atoms. The summed E-state index contributed by atoms with van der Waals surface area (Å²) in [6.45, 7) is 12.0. The molecular formula is C15H26IN3S. The highest BCUT2D eigenvalue weighted by molar-refractivity contribution is 14.1. The summed E-state index contributed by atoms with van der Waals surface area (Å²) < 4.78 is 1.17. The van der Waals surface area contributed by atoms with Gasteiger partial charge in [-0.05, 0) is 46.6 Å². The molecule has 0 aliphatic carbocycles. The predicted molar refractivity (Wildman–Crippen MR) is 98.6 cm³/mol. The van der Waals surface area contributed by atoms with E-state index < -0.39 is 0 Å². The molecule has 0 radical (unpaired) electrons. The van der Waals surface area contributed by atoms with E-state index in [1.807, 2.05) is 11.8 Å². The van der Waals surface area contributed by atoms with E-state index in [-0.39, 0.29) is 0 Å². The van der Waals surface area contributed by atoms with Crippen molar-refractivity contribution in [1.29, 1.82) is 0 Å².